The van der Waals surface area contributed by atoms with Crippen LogP contribution in [0.1, 0.15) is 17.0 Å². The number of ether oxygens (including phenoxy) is 1. The predicted octanol–water partition coefficient (Wildman–Crippen LogP) is 2.43. The zero-order valence-electron chi connectivity index (χ0n) is 8.85. The highest BCUT2D eigenvalue weighted by molar-refractivity contribution is 6.32. The van der Waals surface area contributed by atoms with Gasteiger partial charge in [0.25, 0.3) is 0 Å². The van der Waals surface area contributed by atoms with Crippen LogP contribution in [0.15, 0.2) is 24.3 Å². The number of aromatic nitrogens is 2. The Kier molecular flexibility index (Phi) is 2.36. The molecule has 0 bridgehead atoms. The second-order valence-electron chi connectivity index (χ2n) is 3.74. The molecular weight excluding hydrogens is 238 g/mol. The lowest BCUT2D eigenvalue weighted by atomic mass is 10.2. The van der Waals surface area contributed by atoms with Gasteiger partial charge in [-0.15, -0.1) is 0 Å². The third kappa shape index (κ3) is 1.52. The first-order valence-electron chi connectivity index (χ1n) is 5.15. The lowest BCUT2D eigenvalue weighted by molar-refractivity contribution is 0.131. The monoisotopic (exact) mass is 245 g/mol. The van der Waals surface area contributed by atoms with E-state index in [1.54, 1.807) is 10.7 Å². The van der Waals surface area contributed by atoms with Gasteiger partial charge in [0.1, 0.15) is 11.8 Å². The maximum absolute atomic E-state index is 9.21. The summed E-state index contributed by atoms with van der Waals surface area (Å²) in [6, 6.07) is 9.49. The van der Waals surface area contributed by atoms with Crippen LogP contribution in [0.2, 0.25) is 5.02 Å². The molecule has 4 nitrogen and oxygen atoms in total. The van der Waals surface area contributed by atoms with Gasteiger partial charge in [-0.25, -0.2) is 4.68 Å². The Morgan fingerprint density at radius 2 is 2.18 bits per heavy atom. The van der Waals surface area contributed by atoms with Gasteiger partial charge in [-0.05, 0) is 12.1 Å². The Morgan fingerprint density at radius 1 is 1.35 bits per heavy atom. The largest absolute Gasteiger partial charge is 0.370 e. The second-order valence-corrected chi connectivity index (χ2v) is 4.15. The minimum atomic E-state index is 0.447. The Hall–Kier alpha value is -1.83. The average molecular weight is 246 g/mol. The smallest absolute Gasteiger partial charge is 0.150 e. The van der Waals surface area contributed by atoms with Gasteiger partial charge in [-0.1, -0.05) is 23.7 Å². The molecule has 1 aromatic carbocycles. The van der Waals surface area contributed by atoms with Gasteiger partial charge >= 0.3 is 0 Å². The molecule has 0 spiro atoms. The summed E-state index contributed by atoms with van der Waals surface area (Å²) >= 11 is 6.11. The van der Waals surface area contributed by atoms with Crippen LogP contribution in [0.25, 0.3) is 5.69 Å². The number of para-hydroxylation sites is 1. The second kappa shape index (κ2) is 3.88. The standard InChI is InChI=1S/C12H8ClN3O/c13-9-3-1-2-4-11(9)16-12(5-14)8-6-17-7-10(8)15-16/h1-4H,6-7H2. The molecule has 2 heterocycles. The Bertz CT molecular complexity index is 627. The molecule has 3 rings (SSSR count). The van der Waals surface area contributed by atoms with Crippen molar-refractivity contribution < 1.29 is 4.74 Å². The highest BCUT2D eigenvalue weighted by Crippen LogP contribution is 2.27. The van der Waals surface area contributed by atoms with E-state index in [-0.39, 0.29) is 0 Å². The molecule has 0 aliphatic carbocycles. The van der Waals surface area contributed by atoms with Crippen molar-refractivity contribution in [2.75, 3.05) is 0 Å². The fourth-order valence-electron chi connectivity index (χ4n) is 1.93. The number of hydrogen-bond acceptors (Lipinski definition) is 3. The molecule has 0 unspecified atom stereocenters. The molecule has 0 fully saturated rings. The van der Waals surface area contributed by atoms with Crippen LogP contribution in [0.3, 0.4) is 0 Å². The summed E-state index contributed by atoms with van der Waals surface area (Å²) in [5.41, 5.74) is 2.92. The summed E-state index contributed by atoms with van der Waals surface area (Å²) in [7, 11) is 0. The summed E-state index contributed by atoms with van der Waals surface area (Å²) in [5.74, 6) is 0. The minimum absolute atomic E-state index is 0.447. The van der Waals surface area contributed by atoms with Crippen LogP contribution in [-0.4, -0.2) is 9.78 Å². The minimum Gasteiger partial charge on any atom is -0.370 e. The Morgan fingerprint density at radius 3 is 2.94 bits per heavy atom. The molecule has 0 saturated heterocycles. The maximum Gasteiger partial charge on any atom is 0.150 e. The van der Waals surface area contributed by atoms with Crippen molar-refractivity contribution in [3.8, 4) is 11.8 Å². The molecular formula is C12H8ClN3O. The summed E-state index contributed by atoms with van der Waals surface area (Å²) in [4.78, 5) is 0. The fourth-order valence-corrected chi connectivity index (χ4v) is 2.14. The van der Waals surface area contributed by atoms with Crippen LogP contribution >= 0.6 is 11.6 Å². The summed E-state index contributed by atoms with van der Waals surface area (Å²) < 4.78 is 6.85. The van der Waals surface area contributed by atoms with Gasteiger partial charge in [0.15, 0.2) is 0 Å². The number of nitrogens with zero attached hydrogens (tertiary/aromatic N) is 3. The van der Waals surface area contributed by atoms with Crippen molar-refractivity contribution in [3.63, 3.8) is 0 Å². The SMILES string of the molecule is N#Cc1c2c(nn1-c1ccccc1Cl)COC2. The molecule has 0 saturated carbocycles. The molecule has 17 heavy (non-hydrogen) atoms. The molecule has 2 aromatic rings. The van der Waals surface area contributed by atoms with E-state index in [2.05, 4.69) is 11.2 Å². The number of benzene rings is 1. The fraction of sp³-hybridized carbons (Fsp3) is 0.167. The quantitative estimate of drug-likeness (QED) is 0.775. The van der Waals surface area contributed by atoms with Gasteiger partial charge in [0.05, 0.1) is 29.6 Å². The molecule has 0 atom stereocenters. The van der Waals surface area contributed by atoms with Gasteiger partial charge in [-0.2, -0.15) is 10.4 Å². The van der Waals surface area contributed by atoms with Crippen molar-refractivity contribution in [1.29, 1.82) is 5.26 Å². The van der Waals surface area contributed by atoms with E-state index in [1.165, 1.54) is 0 Å². The average Bonchev–Trinajstić information content (AvgIpc) is 2.89. The van der Waals surface area contributed by atoms with Crippen molar-refractivity contribution >= 4 is 11.6 Å². The molecule has 0 amide bonds. The summed E-state index contributed by atoms with van der Waals surface area (Å²) in [5, 5.41) is 14.2. The van der Waals surface area contributed by atoms with Gasteiger partial charge in [0, 0.05) is 5.56 Å². The number of nitriles is 1. The summed E-state index contributed by atoms with van der Waals surface area (Å²) in [6.45, 7) is 0.907. The topological polar surface area (TPSA) is 50.8 Å². The Balaban J connectivity index is 2.23. The van der Waals surface area contributed by atoms with E-state index < -0.39 is 0 Å². The summed E-state index contributed by atoms with van der Waals surface area (Å²) in [6.07, 6.45) is 0. The molecule has 1 aliphatic heterocycles. The number of fused-ring (bicyclic) bond motifs is 1. The lowest BCUT2D eigenvalue weighted by Crippen LogP contribution is -2.02. The third-order valence-electron chi connectivity index (χ3n) is 2.74. The molecule has 1 aliphatic rings. The Labute approximate surface area is 103 Å². The molecule has 1 aromatic heterocycles. The molecule has 5 heteroatoms. The van der Waals surface area contributed by atoms with Crippen molar-refractivity contribution in [1.82, 2.24) is 9.78 Å². The van der Waals surface area contributed by atoms with Crippen molar-refractivity contribution in [2.45, 2.75) is 13.2 Å². The van der Waals surface area contributed by atoms with E-state index >= 15 is 0 Å². The van der Waals surface area contributed by atoms with Gasteiger partial charge in [-0.3, -0.25) is 0 Å². The van der Waals surface area contributed by atoms with Crippen molar-refractivity contribution in [2.24, 2.45) is 0 Å². The normalized spacial score (nSPS) is 13.4. The number of hydrogen-bond donors (Lipinski definition) is 0. The molecule has 0 radical (unpaired) electrons. The molecule has 84 valence electrons. The van der Waals surface area contributed by atoms with Crippen molar-refractivity contribution in [3.05, 3.63) is 46.2 Å². The van der Waals surface area contributed by atoms with E-state index in [4.69, 9.17) is 16.3 Å². The van der Waals surface area contributed by atoms with E-state index in [0.717, 1.165) is 16.9 Å². The van der Waals surface area contributed by atoms with Gasteiger partial charge in [0.2, 0.25) is 0 Å². The molecule has 0 N–H and O–H groups in total. The van der Waals surface area contributed by atoms with E-state index in [0.29, 0.717) is 23.9 Å². The van der Waals surface area contributed by atoms with Crippen LogP contribution in [-0.2, 0) is 18.0 Å². The van der Waals surface area contributed by atoms with Crippen LogP contribution in [0.4, 0.5) is 0 Å². The van der Waals surface area contributed by atoms with Crippen LogP contribution < -0.4 is 0 Å². The van der Waals surface area contributed by atoms with E-state index in [1.807, 2.05) is 18.2 Å². The van der Waals surface area contributed by atoms with Crippen LogP contribution in [0, 0.1) is 11.3 Å². The first kappa shape index (κ1) is 10.3. The lowest BCUT2D eigenvalue weighted by Gasteiger charge is -2.05. The maximum atomic E-state index is 9.21. The van der Waals surface area contributed by atoms with E-state index in [9.17, 15) is 5.26 Å². The number of halogens is 1. The number of rotatable bonds is 1. The first-order valence-corrected chi connectivity index (χ1v) is 5.52. The zero-order valence-corrected chi connectivity index (χ0v) is 9.61. The first-order chi connectivity index (χ1) is 8.31. The third-order valence-corrected chi connectivity index (χ3v) is 3.06. The van der Waals surface area contributed by atoms with Gasteiger partial charge < -0.3 is 4.74 Å². The van der Waals surface area contributed by atoms with Crippen LogP contribution in [0.5, 0.6) is 0 Å². The highest BCUT2D eigenvalue weighted by Gasteiger charge is 2.23. The predicted molar refractivity (Wildman–Crippen MR) is 61.8 cm³/mol. The zero-order chi connectivity index (χ0) is 11.8. The highest BCUT2D eigenvalue weighted by atomic mass is 35.5.